The van der Waals surface area contributed by atoms with E-state index in [0.717, 1.165) is 21.6 Å². The summed E-state index contributed by atoms with van der Waals surface area (Å²) in [4.78, 5) is 21.2. The van der Waals surface area contributed by atoms with Gasteiger partial charge in [-0.2, -0.15) is 0 Å². The van der Waals surface area contributed by atoms with Gasteiger partial charge in [0.25, 0.3) is 0 Å². The molecule has 4 nitrogen and oxygen atoms in total. The molecule has 0 aromatic rings. The van der Waals surface area contributed by atoms with Crippen molar-refractivity contribution in [3.05, 3.63) is 0 Å². The maximum atomic E-state index is 10.7. The number of carbonyl (C=O) groups is 2. The molecule has 0 rings (SSSR count). The zero-order valence-corrected chi connectivity index (χ0v) is 9.24. The van der Waals surface area contributed by atoms with Crippen molar-refractivity contribution in [1.82, 2.24) is 0 Å². The standard InChI is InChI=1S/C7H12O4S2/c1-4(2)5(6(8)9)12-13-7(10)11-3/h4-5H,1-3H3,(H,8,9)/p-1. The van der Waals surface area contributed by atoms with E-state index in [4.69, 9.17) is 0 Å². The van der Waals surface area contributed by atoms with E-state index in [-0.39, 0.29) is 5.92 Å². The largest absolute Gasteiger partial charge is 0.549 e. The molecule has 0 saturated carbocycles. The molecule has 0 aliphatic carbocycles. The van der Waals surface area contributed by atoms with Crippen molar-refractivity contribution in [3.63, 3.8) is 0 Å². The van der Waals surface area contributed by atoms with Crippen LogP contribution in [0.25, 0.3) is 0 Å². The van der Waals surface area contributed by atoms with Crippen LogP contribution in [0.4, 0.5) is 4.79 Å². The van der Waals surface area contributed by atoms with Gasteiger partial charge >= 0.3 is 5.30 Å². The molecular formula is C7H11O4S2-. The number of ether oxygens (including phenoxy) is 1. The van der Waals surface area contributed by atoms with Crippen LogP contribution in [0, 0.1) is 5.92 Å². The SMILES string of the molecule is COC(=O)SSC(C(=O)[O-])C(C)C. The normalized spacial score (nSPS) is 12.6. The van der Waals surface area contributed by atoms with Crippen molar-refractivity contribution in [2.75, 3.05) is 7.11 Å². The van der Waals surface area contributed by atoms with Gasteiger partial charge < -0.3 is 14.6 Å². The molecule has 0 amide bonds. The molecule has 0 aliphatic heterocycles. The van der Waals surface area contributed by atoms with Gasteiger partial charge in [-0.1, -0.05) is 24.6 Å². The van der Waals surface area contributed by atoms with E-state index >= 15 is 0 Å². The molecular weight excluding hydrogens is 212 g/mol. The Kier molecular flexibility index (Phi) is 5.98. The van der Waals surface area contributed by atoms with Crippen molar-refractivity contribution in [2.45, 2.75) is 19.1 Å². The Balaban J connectivity index is 3.97. The molecule has 1 unspecified atom stereocenters. The predicted molar refractivity (Wildman–Crippen MR) is 51.2 cm³/mol. The van der Waals surface area contributed by atoms with Crippen LogP contribution in [-0.4, -0.2) is 23.6 Å². The molecule has 0 heterocycles. The third kappa shape index (κ3) is 5.05. The van der Waals surface area contributed by atoms with Crippen molar-refractivity contribution >= 4 is 32.9 Å². The van der Waals surface area contributed by atoms with Crippen molar-refractivity contribution in [1.29, 1.82) is 0 Å². The summed E-state index contributed by atoms with van der Waals surface area (Å²) in [6.07, 6.45) is 0. The first-order chi connectivity index (χ1) is 5.99. The Morgan fingerprint density at radius 1 is 1.38 bits per heavy atom. The lowest BCUT2D eigenvalue weighted by Gasteiger charge is -2.19. The zero-order chi connectivity index (χ0) is 10.4. The van der Waals surface area contributed by atoms with Gasteiger partial charge in [0.15, 0.2) is 0 Å². The van der Waals surface area contributed by atoms with Gasteiger partial charge in [-0.15, -0.1) is 0 Å². The minimum Gasteiger partial charge on any atom is -0.549 e. The fourth-order valence-electron chi connectivity index (χ4n) is 0.548. The number of rotatable bonds is 4. The van der Waals surface area contributed by atoms with Gasteiger partial charge in [0.1, 0.15) is 0 Å². The quantitative estimate of drug-likeness (QED) is 0.521. The first-order valence-electron chi connectivity index (χ1n) is 3.61. The van der Waals surface area contributed by atoms with E-state index < -0.39 is 16.5 Å². The highest BCUT2D eigenvalue weighted by molar-refractivity contribution is 8.82. The molecule has 0 aromatic heterocycles. The average molecular weight is 223 g/mol. The van der Waals surface area contributed by atoms with Crippen LogP contribution < -0.4 is 5.11 Å². The molecule has 0 saturated heterocycles. The van der Waals surface area contributed by atoms with Gasteiger partial charge in [0, 0.05) is 10.8 Å². The van der Waals surface area contributed by atoms with E-state index in [2.05, 4.69) is 4.74 Å². The number of carboxylic acids is 1. The van der Waals surface area contributed by atoms with E-state index in [1.54, 1.807) is 13.8 Å². The lowest BCUT2D eigenvalue weighted by molar-refractivity contribution is -0.305. The Bertz CT molecular complexity index is 193. The molecule has 76 valence electrons. The topological polar surface area (TPSA) is 66.4 Å². The van der Waals surface area contributed by atoms with Crippen LogP contribution in [0.5, 0.6) is 0 Å². The Morgan fingerprint density at radius 3 is 2.23 bits per heavy atom. The molecule has 0 spiro atoms. The lowest BCUT2D eigenvalue weighted by Crippen LogP contribution is -2.36. The Morgan fingerprint density at radius 2 is 1.92 bits per heavy atom. The number of carboxylic acid groups (broad SMARTS) is 1. The van der Waals surface area contributed by atoms with Crippen LogP contribution in [0.2, 0.25) is 0 Å². The van der Waals surface area contributed by atoms with Crippen molar-refractivity contribution in [2.24, 2.45) is 5.92 Å². The van der Waals surface area contributed by atoms with Gasteiger partial charge in [-0.05, 0) is 5.92 Å². The van der Waals surface area contributed by atoms with Crippen LogP contribution in [0.1, 0.15) is 13.8 Å². The lowest BCUT2D eigenvalue weighted by atomic mass is 10.1. The minimum atomic E-state index is -1.16. The molecule has 0 N–H and O–H groups in total. The van der Waals surface area contributed by atoms with Crippen LogP contribution in [-0.2, 0) is 9.53 Å². The fraction of sp³-hybridized carbons (Fsp3) is 0.714. The van der Waals surface area contributed by atoms with Crippen LogP contribution in [0.3, 0.4) is 0 Å². The second-order valence-corrected chi connectivity index (χ2v) is 4.90. The van der Waals surface area contributed by atoms with E-state index in [1.165, 1.54) is 7.11 Å². The molecule has 0 radical (unpaired) electrons. The smallest absolute Gasteiger partial charge is 0.377 e. The zero-order valence-electron chi connectivity index (χ0n) is 7.60. The van der Waals surface area contributed by atoms with Crippen molar-refractivity contribution < 1.29 is 19.4 Å². The molecule has 13 heavy (non-hydrogen) atoms. The second kappa shape index (κ2) is 6.15. The minimum absolute atomic E-state index is 0.0767. The number of carbonyl (C=O) groups excluding carboxylic acids is 2. The molecule has 6 heteroatoms. The number of hydrogen-bond acceptors (Lipinski definition) is 6. The van der Waals surface area contributed by atoms with E-state index in [1.807, 2.05) is 0 Å². The first-order valence-corrected chi connectivity index (χ1v) is 5.82. The third-order valence-electron chi connectivity index (χ3n) is 1.22. The predicted octanol–water partition coefficient (Wildman–Crippen LogP) is 0.909. The van der Waals surface area contributed by atoms with Gasteiger partial charge in [-0.3, -0.25) is 0 Å². The summed E-state index contributed by atoms with van der Waals surface area (Å²) in [5.41, 5.74) is 0. The number of methoxy groups -OCH3 is 1. The molecule has 0 fully saturated rings. The average Bonchev–Trinajstić information content (AvgIpc) is 2.03. The highest BCUT2D eigenvalue weighted by Gasteiger charge is 2.17. The van der Waals surface area contributed by atoms with Crippen LogP contribution >= 0.6 is 21.6 Å². The van der Waals surface area contributed by atoms with Gasteiger partial charge in [-0.25, -0.2) is 4.79 Å². The highest BCUT2D eigenvalue weighted by Crippen LogP contribution is 2.31. The molecule has 0 aliphatic rings. The molecule has 0 bridgehead atoms. The molecule has 1 atom stereocenters. The summed E-state index contributed by atoms with van der Waals surface area (Å²) < 4.78 is 4.35. The summed E-state index contributed by atoms with van der Waals surface area (Å²) >= 11 is 0. The number of aliphatic carboxylic acids is 1. The molecule has 0 aromatic carbocycles. The summed E-state index contributed by atoms with van der Waals surface area (Å²) in [5.74, 6) is -1.23. The summed E-state index contributed by atoms with van der Waals surface area (Å²) in [5, 5.41) is 9.35. The monoisotopic (exact) mass is 223 g/mol. The van der Waals surface area contributed by atoms with Crippen LogP contribution in [0.15, 0.2) is 0 Å². The maximum Gasteiger partial charge on any atom is 0.377 e. The Hall–Kier alpha value is -0.360. The number of hydrogen-bond donors (Lipinski definition) is 0. The highest BCUT2D eigenvalue weighted by atomic mass is 33.1. The summed E-state index contributed by atoms with van der Waals surface area (Å²) in [7, 11) is 2.98. The summed E-state index contributed by atoms with van der Waals surface area (Å²) in [6.45, 7) is 3.51. The third-order valence-corrected chi connectivity index (χ3v) is 3.89. The first kappa shape index (κ1) is 12.6. The maximum absolute atomic E-state index is 10.7. The summed E-state index contributed by atoms with van der Waals surface area (Å²) in [6, 6.07) is 0. The fourth-order valence-corrected chi connectivity index (χ4v) is 2.75. The van der Waals surface area contributed by atoms with E-state index in [9.17, 15) is 14.7 Å². The van der Waals surface area contributed by atoms with E-state index in [0.29, 0.717) is 0 Å². The second-order valence-electron chi connectivity index (χ2n) is 2.62. The van der Waals surface area contributed by atoms with Gasteiger partial charge in [0.2, 0.25) is 0 Å². The Labute approximate surface area is 84.8 Å². The van der Waals surface area contributed by atoms with Gasteiger partial charge in [0.05, 0.1) is 18.3 Å². The van der Waals surface area contributed by atoms with Crippen molar-refractivity contribution in [3.8, 4) is 0 Å².